The summed E-state index contributed by atoms with van der Waals surface area (Å²) < 4.78 is 10.9. The molecular weight excluding hydrogens is 520 g/mol. The third-order valence-corrected chi connectivity index (χ3v) is 6.48. The molecule has 1 heterocycles. The van der Waals surface area contributed by atoms with Gasteiger partial charge in [-0.15, -0.1) is 0 Å². The topological polar surface area (TPSA) is 114 Å². The van der Waals surface area contributed by atoms with Gasteiger partial charge >= 0.3 is 11.7 Å². The van der Waals surface area contributed by atoms with Gasteiger partial charge in [0.2, 0.25) is 5.91 Å². The Balaban J connectivity index is 1.63. The molecule has 0 aliphatic heterocycles. The van der Waals surface area contributed by atoms with Crippen LogP contribution in [-0.2, 0) is 22.5 Å². The minimum absolute atomic E-state index is 0.0557. The fourth-order valence-corrected chi connectivity index (χ4v) is 4.50. The van der Waals surface area contributed by atoms with Crippen LogP contribution in [0.3, 0.4) is 0 Å². The second kappa shape index (κ2) is 12.7. The smallest absolute Gasteiger partial charge is 0.412 e. The minimum Gasteiger partial charge on any atom is -0.444 e. The molecule has 2 N–H and O–H groups in total. The van der Waals surface area contributed by atoms with Gasteiger partial charge in [0.15, 0.2) is 0 Å². The van der Waals surface area contributed by atoms with Crippen LogP contribution in [0.25, 0.3) is 10.9 Å². The van der Waals surface area contributed by atoms with Crippen molar-refractivity contribution in [2.24, 2.45) is 0 Å². The molecule has 9 nitrogen and oxygen atoms in total. The maximum atomic E-state index is 13.8. The van der Waals surface area contributed by atoms with Gasteiger partial charge in [0.25, 0.3) is 6.01 Å². The van der Waals surface area contributed by atoms with Crippen LogP contribution < -0.4 is 16.3 Å². The number of nitrogens with one attached hydrogen (secondary N) is 2. The van der Waals surface area contributed by atoms with E-state index in [2.05, 4.69) is 15.6 Å². The number of rotatable bonds is 9. The molecule has 4 rings (SSSR count). The van der Waals surface area contributed by atoms with Gasteiger partial charge in [0.05, 0.1) is 10.9 Å². The summed E-state index contributed by atoms with van der Waals surface area (Å²) in [6.45, 7) is 9.89. The van der Waals surface area contributed by atoms with Gasteiger partial charge in [-0.2, -0.15) is 4.98 Å². The van der Waals surface area contributed by atoms with Crippen molar-refractivity contribution < 1.29 is 18.7 Å². The number of aromatic nitrogens is 1. The highest BCUT2D eigenvalue weighted by atomic mass is 16.6. The Morgan fingerprint density at radius 3 is 2.22 bits per heavy atom. The van der Waals surface area contributed by atoms with Gasteiger partial charge in [-0.1, -0.05) is 60.7 Å². The predicted molar refractivity (Wildman–Crippen MR) is 160 cm³/mol. The first-order valence-corrected chi connectivity index (χ1v) is 13.6. The zero-order chi connectivity index (χ0) is 29.6. The van der Waals surface area contributed by atoms with Crippen LogP contribution in [0, 0.1) is 6.92 Å². The number of carbonyl (C=O) groups excluding carboxylic acids is 2. The Hall–Kier alpha value is -4.66. The van der Waals surface area contributed by atoms with E-state index in [1.807, 2.05) is 67.6 Å². The molecule has 0 aliphatic rings. The first kappa shape index (κ1) is 29.3. The van der Waals surface area contributed by atoms with Crippen LogP contribution in [0.2, 0.25) is 0 Å². The standard InChI is InChI=1S/C32H36N4O5/c1-6-36(20-23-15-11-8-12-16-23)28(37)26(19-22-13-9-7-10-14-22)34-30-33-25-18-17-24(21(2)27(25)29(38)40-30)35-31(39)41-32(3,4)5/h7-18,26H,6,19-20H2,1-5H3,(H,33,34)(H,35,39). The lowest BCUT2D eigenvalue weighted by molar-refractivity contribution is -0.132. The van der Waals surface area contributed by atoms with Crippen molar-refractivity contribution in [1.82, 2.24) is 9.88 Å². The Labute approximate surface area is 239 Å². The maximum Gasteiger partial charge on any atom is 0.412 e. The summed E-state index contributed by atoms with van der Waals surface area (Å²) in [6.07, 6.45) is -0.263. The molecule has 214 valence electrons. The summed E-state index contributed by atoms with van der Waals surface area (Å²) >= 11 is 0. The summed E-state index contributed by atoms with van der Waals surface area (Å²) in [4.78, 5) is 45.5. The van der Waals surface area contributed by atoms with Crippen LogP contribution in [0.5, 0.6) is 0 Å². The Morgan fingerprint density at radius 1 is 0.976 bits per heavy atom. The molecule has 1 unspecified atom stereocenters. The van der Waals surface area contributed by atoms with Crippen LogP contribution in [0.15, 0.2) is 82.0 Å². The van der Waals surface area contributed by atoms with E-state index < -0.39 is 23.4 Å². The van der Waals surface area contributed by atoms with E-state index in [9.17, 15) is 14.4 Å². The molecule has 0 spiro atoms. The van der Waals surface area contributed by atoms with E-state index in [1.54, 1.807) is 44.7 Å². The first-order valence-electron chi connectivity index (χ1n) is 13.6. The van der Waals surface area contributed by atoms with Crippen molar-refractivity contribution in [3.05, 3.63) is 99.9 Å². The van der Waals surface area contributed by atoms with Crippen molar-refractivity contribution in [1.29, 1.82) is 0 Å². The second-order valence-electron chi connectivity index (χ2n) is 10.8. The lowest BCUT2D eigenvalue weighted by Gasteiger charge is -2.27. The Morgan fingerprint density at radius 2 is 1.61 bits per heavy atom. The van der Waals surface area contributed by atoms with Gasteiger partial charge in [0, 0.05) is 25.2 Å². The number of hydrogen-bond acceptors (Lipinski definition) is 7. The number of fused-ring (bicyclic) bond motifs is 1. The number of hydrogen-bond donors (Lipinski definition) is 2. The summed E-state index contributed by atoms with van der Waals surface area (Å²) in [7, 11) is 0. The number of likely N-dealkylation sites (N-methyl/N-ethyl adjacent to an activating group) is 1. The SMILES string of the molecule is CCN(Cc1ccccc1)C(=O)C(Cc1ccccc1)Nc1nc2ccc(NC(=O)OC(C)(C)C)c(C)c2c(=O)o1. The molecular formula is C32H36N4O5. The van der Waals surface area contributed by atoms with Gasteiger partial charge in [0.1, 0.15) is 11.6 Å². The zero-order valence-electron chi connectivity index (χ0n) is 24.1. The van der Waals surface area contributed by atoms with Crippen molar-refractivity contribution >= 4 is 34.6 Å². The van der Waals surface area contributed by atoms with Crippen LogP contribution in [-0.4, -0.2) is 40.1 Å². The summed E-state index contributed by atoms with van der Waals surface area (Å²) in [5, 5.41) is 6.00. The van der Waals surface area contributed by atoms with E-state index in [4.69, 9.17) is 9.15 Å². The molecule has 1 aromatic heterocycles. The first-order chi connectivity index (χ1) is 19.5. The average Bonchev–Trinajstić information content (AvgIpc) is 2.92. The van der Waals surface area contributed by atoms with E-state index >= 15 is 0 Å². The van der Waals surface area contributed by atoms with Crippen molar-refractivity contribution in [2.45, 2.75) is 59.2 Å². The number of amides is 2. The molecule has 2 amide bonds. The predicted octanol–water partition coefficient (Wildman–Crippen LogP) is 5.92. The highest BCUT2D eigenvalue weighted by molar-refractivity contribution is 5.93. The summed E-state index contributed by atoms with van der Waals surface area (Å²) in [5.41, 5.74) is 1.95. The number of carbonyl (C=O) groups is 2. The average molecular weight is 557 g/mol. The number of benzene rings is 3. The molecule has 9 heteroatoms. The quantitative estimate of drug-likeness (QED) is 0.263. The normalized spacial score (nSPS) is 12.0. The monoisotopic (exact) mass is 556 g/mol. The van der Waals surface area contributed by atoms with Crippen LogP contribution >= 0.6 is 0 Å². The third-order valence-electron chi connectivity index (χ3n) is 6.48. The van der Waals surface area contributed by atoms with Crippen molar-refractivity contribution in [2.75, 3.05) is 17.2 Å². The Bertz CT molecular complexity index is 1560. The number of aryl methyl sites for hydroxylation is 1. The van der Waals surface area contributed by atoms with Gasteiger partial charge in [-0.3, -0.25) is 10.1 Å². The molecule has 0 aliphatic carbocycles. The number of anilines is 2. The van der Waals surface area contributed by atoms with Crippen molar-refractivity contribution in [3.63, 3.8) is 0 Å². The molecule has 0 radical (unpaired) electrons. The third kappa shape index (κ3) is 7.72. The highest BCUT2D eigenvalue weighted by Crippen LogP contribution is 2.24. The molecule has 0 bridgehead atoms. The molecule has 3 aromatic carbocycles. The van der Waals surface area contributed by atoms with E-state index in [-0.39, 0.29) is 17.3 Å². The van der Waals surface area contributed by atoms with Gasteiger partial charge < -0.3 is 19.4 Å². The second-order valence-corrected chi connectivity index (χ2v) is 10.8. The summed E-state index contributed by atoms with van der Waals surface area (Å²) in [5.74, 6) is -0.141. The fraction of sp³-hybridized carbons (Fsp3) is 0.312. The maximum absolute atomic E-state index is 13.8. The summed E-state index contributed by atoms with van der Waals surface area (Å²) in [6, 6.07) is 21.9. The van der Waals surface area contributed by atoms with Crippen LogP contribution in [0.1, 0.15) is 44.4 Å². The molecule has 0 fully saturated rings. The lowest BCUT2D eigenvalue weighted by Crippen LogP contribution is -2.44. The molecule has 0 saturated heterocycles. The van der Waals surface area contributed by atoms with Gasteiger partial charge in [-0.25, -0.2) is 9.59 Å². The molecule has 41 heavy (non-hydrogen) atoms. The number of ether oxygens (including phenoxy) is 1. The van der Waals surface area contributed by atoms with E-state index in [0.29, 0.717) is 36.3 Å². The fourth-order valence-electron chi connectivity index (χ4n) is 4.50. The van der Waals surface area contributed by atoms with Crippen molar-refractivity contribution in [3.8, 4) is 0 Å². The van der Waals surface area contributed by atoms with E-state index in [1.165, 1.54) is 0 Å². The number of nitrogens with zero attached hydrogens (tertiary/aromatic N) is 2. The van der Waals surface area contributed by atoms with Crippen LogP contribution in [0.4, 0.5) is 16.5 Å². The van der Waals surface area contributed by atoms with E-state index in [0.717, 1.165) is 11.1 Å². The highest BCUT2D eigenvalue weighted by Gasteiger charge is 2.26. The minimum atomic E-state index is -0.733. The Kier molecular flexibility index (Phi) is 9.07. The largest absolute Gasteiger partial charge is 0.444 e. The molecule has 1 atom stereocenters. The molecule has 4 aromatic rings. The molecule has 0 saturated carbocycles. The lowest BCUT2D eigenvalue weighted by atomic mass is 10.0. The zero-order valence-corrected chi connectivity index (χ0v) is 24.1. The van der Waals surface area contributed by atoms with Gasteiger partial charge in [-0.05, 0) is 63.4 Å².